The number of nitrogens with zero attached hydrogens (tertiary/aromatic N) is 5. The second-order valence-electron chi connectivity index (χ2n) is 9.31. The second kappa shape index (κ2) is 11.9. The van der Waals surface area contributed by atoms with Crippen molar-refractivity contribution in [3.05, 3.63) is 41.1 Å². The van der Waals surface area contributed by atoms with Crippen LogP contribution in [0.4, 0.5) is 17.5 Å². The number of rotatable bonds is 9. The fourth-order valence-electron chi connectivity index (χ4n) is 4.73. The fraction of sp³-hybridized carbons (Fsp3) is 0.480. The van der Waals surface area contributed by atoms with Gasteiger partial charge in [0.25, 0.3) is 5.91 Å². The van der Waals surface area contributed by atoms with E-state index >= 15 is 0 Å². The molecular weight excluding hydrogens is 460 g/mol. The molecule has 3 heterocycles. The minimum atomic E-state index is -0.767. The van der Waals surface area contributed by atoms with E-state index in [4.69, 9.17) is 10.1 Å². The number of amides is 1. The summed E-state index contributed by atoms with van der Waals surface area (Å²) in [7, 11) is 0. The van der Waals surface area contributed by atoms with E-state index in [1.807, 2.05) is 17.0 Å². The van der Waals surface area contributed by atoms with Crippen LogP contribution < -0.4 is 21.0 Å². The number of carbonyl (C=O) groups is 2. The molecule has 2 aliphatic rings. The molecule has 0 bridgehead atoms. The van der Waals surface area contributed by atoms with Crippen LogP contribution in [0.15, 0.2) is 29.4 Å². The Kier molecular flexibility index (Phi) is 8.44. The van der Waals surface area contributed by atoms with E-state index in [9.17, 15) is 9.59 Å². The molecule has 0 radical (unpaired) electrons. The zero-order valence-corrected chi connectivity index (χ0v) is 20.7. The summed E-state index contributed by atoms with van der Waals surface area (Å²) < 4.78 is 0. The highest BCUT2D eigenvalue weighted by Crippen LogP contribution is 2.28. The number of aromatic nitrogens is 2. The van der Waals surface area contributed by atoms with Gasteiger partial charge in [-0.3, -0.25) is 14.5 Å². The lowest BCUT2D eigenvalue weighted by molar-refractivity contribution is -0.138. The van der Waals surface area contributed by atoms with E-state index in [1.165, 1.54) is 5.56 Å². The Balaban J connectivity index is 1.52. The summed E-state index contributed by atoms with van der Waals surface area (Å²) in [6, 6.07) is 8.13. The molecule has 2 fully saturated rings. The number of aliphatic carboxylic acids is 1. The van der Waals surface area contributed by atoms with Crippen LogP contribution in [0.25, 0.3) is 0 Å². The fourth-order valence-corrected chi connectivity index (χ4v) is 4.73. The highest BCUT2D eigenvalue weighted by atomic mass is 16.4. The van der Waals surface area contributed by atoms with Crippen LogP contribution in [0.3, 0.4) is 0 Å². The summed E-state index contributed by atoms with van der Waals surface area (Å²) in [5, 5.41) is 19.3. The van der Waals surface area contributed by atoms with Crippen LogP contribution in [0.2, 0.25) is 0 Å². The molecule has 4 rings (SSSR count). The largest absolute Gasteiger partial charge is 0.481 e. The number of hydrogen-bond acceptors (Lipinski definition) is 9. The number of hydrazone groups is 1. The molecule has 2 aliphatic heterocycles. The summed E-state index contributed by atoms with van der Waals surface area (Å²) >= 11 is 0. The SMILES string of the molecule is C=NNC(=O)c1c(C)nc(N2CCC(CC(=O)O)CC2)nc1Nc1ccc(CN2CCNCC2)cc1. The van der Waals surface area contributed by atoms with Gasteiger partial charge in [-0.25, -0.2) is 10.4 Å². The van der Waals surface area contributed by atoms with Gasteiger partial charge < -0.3 is 20.6 Å². The molecule has 0 unspecified atom stereocenters. The van der Waals surface area contributed by atoms with E-state index in [-0.39, 0.29) is 12.3 Å². The summed E-state index contributed by atoms with van der Waals surface area (Å²) in [5.74, 6) is -0.145. The number of carboxylic acids is 1. The van der Waals surface area contributed by atoms with Gasteiger partial charge in [0.05, 0.1) is 5.69 Å². The molecule has 11 nitrogen and oxygen atoms in total. The molecule has 1 aromatic heterocycles. The third kappa shape index (κ3) is 6.55. The molecule has 0 spiro atoms. The van der Waals surface area contributed by atoms with E-state index in [2.05, 4.69) is 49.9 Å². The van der Waals surface area contributed by atoms with Gasteiger partial charge in [0.15, 0.2) is 0 Å². The summed E-state index contributed by atoms with van der Waals surface area (Å²) in [4.78, 5) is 37.6. The molecule has 2 aromatic rings. The number of anilines is 3. The van der Waals surface area contributed by atoms with Crippen LogP contribution in [-0.2, 0) is 11.3 Å². The molecule has 192 valence electrons. The van der Waals surface area contributed by atoms with Crippen molar-refractivity contribution >= 4 is 36.0 Å². The van der Waals surface area contributed by atoms with Gasteiger partial charge in [-0.05, 0) is 43.4 Å². The number of hydrogen-bond donors (Lipinski definition) is 4. The monoisotopic (exact) mass is 494 g/mol. The van der Waals surface area contributed by atoms with Crippen molar-refractivity contribution in [1.82, 2.24) is 25.6 Å². The Morgan fingerprint density at radius 1 is 1.14 bits per heavy atom. The third-order valence-electron chi connectivity index (χ3n) is 6.68. The molecule has 11 heteroatoms. The lowest BCUT2D eigenvalue weighted by atomic mass is 9.94. The molecule has 0 aliphatic carbocycles. The first-order valence-electron chi connectivity index (χ1n) is 12.3. The Morgan fingerprint density at radius 2 is 1.83 bits per heavy atom. The maximum Gasteiger partial charge on any atom is 0.303 e. The van der Waals surface area contributed by atoms with Gasteiger partial charge >= 0.3 is 5.97 Å². The number of benzene rings is 1. The van der Waals surface area contributed by atoms with Crippen molar-refractivity contribution in [3.8, 4) is 0 Å². The van der Waals surface area contributed by atoms with Gasteiger partial charge in [-0.1, -0.05) is 12.1 Å². The Morgan fingerprint density at radius 3 is 2.47 bits per heavy atom. The first-order chi connectivity index (χ1) is 17.4. The van der Waals surface area contributed by atoms with Gasteiger partial charge in [0, 0.05) is 64.6 Å². The topological polar surface area (TPSA) is 135 Å². The van der Waals surface area contributed by atoms with Crippen LogP contribution in [0, 0.1) is 12.8 Å². The zero-order chi connectivity index (χ0) is 25.5. The molecule has 1 amide bonds. The van der Waals surface area contributed by atoms with Crippen LogP contribution >= 0.6 is 0 Å². The van der Waals surface area contributed by atoms with Crippen molar-refractivity contribution in [2.24, 2.45) is 11.0 Å². The highest BCUT2D eigenvalue weighted by Gasteiger charge is 2.26. The predicted molar refractivity (Wildman–Crippen MR) is 139 cm³/mol. The molecule has 1 aromatic carbocycles. The highest BCUT2D eigenvalue weighted by molar-refractivity contribution is 6.00. The quantitative estimate of drug-likeness (QED) is 0.305. The molecular formula is C25H34N8O3. The van der Waals surface area contributed by atoms with Crippen LogP contribution in [-0.4, -0.2) is 77.8 Å². The lowest BCUT2D eigenvalue weighted by Gasteiger charge is -2.32. The Bertz CT molecular complexity index is 1080. The average Bonchev–Trinajstić information content (AvgIpc) is 2.86. The maximum absolute atomic E-state index is 12.7. The lowest BCUT2D eigenvalue weighted by Crippen LogP contribution is -2.42. The first kappa shape index (κ1) is 25.5. The van der Waals surface area contributed by atoms with Crippen LogP contribution in [0.1, 0.15) is 40.9 Å². The van der Waals surface area contributed by atoms with Crippen LogP contribution in [0.5, 0.6) is 0 Å². The van der Waals surface area contributed by atoms with Gasteiger partial charge in [-0.2, -0.15) is 10.1 Å². The number of carbonyl (C=O) groups excluding carboxylic acids is 1. The number of aryl methyl sites for hydroxylation is 1. The van der Waals surface area contributed by atoms with E-state index < -0.39 is 11.9 Å². The first-order valence-corrected chi connectivity index (χ1v) is 12.3. The molecule has 36 heavy (non-hydrogen) atoms. The molecule has 0 saturated carbocycles. The number of piperazine rings is 1. The van der Waals surface area contributed by atoms with Crippen molar-refractivity contribution in [3.63, 3.8) is 0 Å². The summed E-state index contributed by atoms with van der Waals surface area (Å²) in [5.41, 5.74) is 5.24. The smallest absolute Gasteiger partial charge is 0.303 e. The second-order valence-corrected chi connectivity index (χ2v) is 9.31. The number of piperidine rings is 1. The van der Waals surface area contributed by atoms with E-state index in [0.29, 0.717) is 36.1 Å². The zero-order valence-electron chi connectivity index (χ0n) is 20.7. The molecule has 4 N–H and O–H groups in total. The van der Waals surface area contributed by atoms with Gasteiger partial charge in [0.1, 0.15) is 11.4 Å². The number of carboxylic acid groups (broad SMARTS) is 1. The normalized spacial score (nSPS) is 17.0. The maximum atomic E-state index is 12.7. The van der Waals surface area contributed by atoms with Crippen molar-refractivity contribution in [2.45, 2.75) is 32.7 Å². The van der Waals surface area contributed by atoms with Crippen molar-refractivity contribution in [2.75, 3.05) is 49.5 Å². The van der Waals surface area contributed by atoms with Crippen molar-refractivity contribution in [1.29, 1.82) is 0 Å². The van der Waals surface area contributed by atoms with E-state index in [1.54, 1.807) is 6.92 Å². The van der Waals surface area contributed by atoms with E-state index in [0.717, 1.165) is 51.3 Å². The van der Waals surface area contributed by atoms with Gasteiger partial charge in [-0.15, -0.1) is 0 Å². The Labute approximate surface area is 211 Å². The number of nitrogens with one attached hydrogen (secondary N) is 3. The van der Waals surface area contributed by atoms with Crippen molar-refractivity contribution < 1.29 is 14.7 Å². The average molecular weight is 495 g/mol. The predicted octanol–water partition coefficient (Wildman–Crippen LogP) is 1.97. The minimum absolute atomic E-state index is 0.154. The minimum Gasteiger partial charge on any atom is -0.481 e. The van der Waals surface area contributed by atoms with Gasteiger partial charge in [0.2, 0.25) is 5.95 Å². The molecule has 0 atom stereocenters. The summed E-state index contributed by atoms with van der Waals surface area (Å²) in [6.07, 6.45) is 1.70. The summed E-state index contributed by atoms with van der Waals surface area (Å²) in [6.45, 7) is 11.4. The standard InChI is InChI=1S/C25H34N8O3/c1-17-22(24(36)31-26-2)23(30-25(28-17)33-11-7-18(8-12-33)15-21(34)35)29-20-5-3-19(4-6-20)16-32-13-9-27-10-14-32/h3-6,18,27H,2,7-16H2,1H3,(H,31,36)(H,34,35)(H,28,29,30). The molecule has 2 saturated heterocycles. The third-order valence-corrected chi connectivity index (χ3v) is 6.68. The Hall–Kier alpha value is -3.57.